The summed E-state index contributed by atoms with van der Waals surface area (Å²) in [7, 11) is 0. The molecule has 2 N–H and O–H groups in total. The van der Waals surface area contributed by atoms with Crippen LogP contribution in [0.25, 0.3) is 0 Å². The van der Waals surface area contributed by atoms with Gasteiger partial charge in [-0.1, -0.05) is 18.2 Å². The summed E-state index contributed by atoms with van der Waals surface area (Å²) < 4.78 is 13.1. The summed E-state index contributed by atoms with van der Waals surface area (Å²) >= 11 is 1.78. The highest BCUT2D eigenvalue weighted by molar-refractivity contribution is 7.09. The third-order valence-corrected chi connectivity index (χ3v) is 4.67. The second kappa shape index (κ2) is 6.04. The lowest BCUT2D eigenvalue weighted by Gasteiger charge is -2.31. The molecule has 1 atom stereocenters. The standard InChI is InChI=1S/C16H19FN2S/c17-13-5-3-12(4-6-13)16(10-18)19(14-7-8-14)11-15-2-1-9-20-15/h1-6,9,14,16H,7-8,10-11,18H2. The molecule has 3 rings (SSSR count). The molecule has 106 valence electrons. The second-order valence-corrected chi connectivity index (χ2v) is 6.32. The lowest BCUT2D eigenvalue weighted by Crippen LogP contribution is -2.34. The van der Waals surface area contributed by atoms with Crippen LogP contribution in [-0.4, -0.2) is 17.5 Å². The van der Waals surface area contributed by atoms with Gasteiger partial charge in [0.05, 0.1) is 0 Å². The van der Waals surface area contributed by atoms with Gasteiger partial charge in [-0.25, -0.2) is 4.39 Å². The Morgan fingerprint density at radius 3 is 2.55 bits per heavy atom. The van der Waals surface area contributed by atoms with Crippen LogP contribution >= 0.6 is 11.3 Å². The summed E-state index contributed by atoms with van der Waals surface area (Å²) in [6.07, 6.45) is 2.48. The normalized spacial score (nSPS) is 16.6. The van der Waals surface area contributed by atoms with Crippen LogP contribution < -0.4 is 5.73 Å². The van der Waals surface area contributed by atoms with Crippen molar-refractivity contribution < 1.29 is 4.39 Å². The quantitative estimate of drug-likeness (QED) is 0.881. The van der Waals surface area contributed by atoms with Gasteiger partial charge in [0.25, 0.3) is 0 Å². The maximum Gasteiger partial charge on any atom is 0.123 e. The number of halogens is 1. The molecular formula is C16H19FN2S. The Hall–Kier alpha value is -1.23. The van der Waals surface area contributed by atoms with Crippen molar-refractivity contribution in [2.75, 3.05) is 6.54 Å². The smallest absolute Gasteiger partial charge is 0.123 e. The summed E-state index contributed by atoms with van der Waals surface area (Å²) in [6.45, 7) is 1.50. The third-order valence-electron chi connectivity index (χ3n) is 3.81. The molecule has 20 heavy (non-hydrogen) atoms. The highest BCUT2D eigenvalue weighted by Crippen LogP contribution is 2.36. The largest absolute Gasteiger partial charge is 0.329 e. The van der Waals surface area contributed by atoms with Crippen molar-refractivity contribution >= 4 is 11.3 Å². The van der Waals surface area contributed by atoms with E-state index in [0.29, 0.717) is 12.6 Å². The molecule has 0 amide bonds. The van der Waals surface area contributed by atoms with Crippen LogP contribution in [0.3, 0.4) is 0 Å². The minimum atomic E-state index is -0.194. The predicted octanol–water partition coefficient (Wildman–Crippen LogP) is 3.55. The molecule has 0 saturated heterocycles. The Morgan fingerprint density at radius 2 is 2.00 bits per heavy atom. The molecule has 1 aliphatic carbocycles. The molecule has 2 nitrogen and oxygen atoms in total. The van der Waals surface area contributed by atoms with Crippen LogP contribution in [0.4, 0.5) is 4.39 Å². The molecule has 0 aliphatic heterocycles. The van der Waals surface area contributed by atoms with Crippen molar-refractivity contribution in [1.29, 1.82) is 0 Å². The van der Waals surface area contributed by atoms with Crippen LogP contribution in [0.1, 0.15) is 29.3 Å². The van der Waals surface area contributed by atoms with Gasteiger partial charge in [-0.2, -0.15) is 0 Å². The Balaban J connectivity index is 1.82. The zero-order valence-corrected chi connectivity index (χ0v) is 12.2. The van der Waals surface area contributed by atoms with Crippen molar-refractivity contribution in [2.24, 2.45) is 5.73 Å². The van der Waals surface area contributed by atoms with Gasteiger partial charge < -0.3 is 5.73 Å². The number of nitrogens with zero attached hydrogens (tertiary/aromatic N) is 1. The van der Waals surface area contributed by atoms with Crippen molar-refractivity contribution in [3.8, 4) is 0 Å². The zero-order chi connectivity index (χ0) is 13.9. The SMILES string of the molecule is NCC(c1ccc(F)cc1)N(Cc1cccs1)C1CC1. The molecule has 0 bridgehead atoms. The highest BCUT2D eigenvalue weighted by Gasteiger charge is 2.34. The Labute approximate surface area is 123 Å². The molecule has 1 aromatic carbocycles. The average Bonchev–Trinajstić information content (AvgIpc) is 3.18. The molecule has 0 spiro atoms. The Kier molecular flexibility index (Phi) is 4.15. The van der Waals surface area contributed by atoms with Crippen LogP contribution in [-0.2, 0) is 6.54 Å². The van der Waals surface area contributed by atoms with Crippen molar-refractivity contribution in [3.63, 3.8) is 0 Å². The van der Waals surface area contributed by atoms with E-state index >= 15 is 0 Å². The van der Waals surface area contributed by atoms with Gasteiger partial charge in [0.15, 0.2) is 0 Å². The first-order chi connectivity index (χ1) is 9.78. The summed E-state index contributed by atoms with van der Waals surface area (Å²) in [6, 6.07) is 11.8. The van der Waals surface area contributed by atoms with Gasteiger partial charge in [0.2, 0.25) is 0 Å². The highest BCUT2D eigenvalue weighted by atomic mass is 32.1. The van der Waals surface area contributed by atoms with Gasteiger partial charge in [0.1, 0.15) is 5.82 Å². The first kappa shape index (κ1) is 13.7. The summed E-state index contributed by atoms with van der Waals surface area (Å²) in [4.78, 5) is 3.83. The van der Waals surface area contributed by atoms with Crippen LogP contribution in [0.15, 0.2) is 41.8 Å². The molecule has 1 fully saturated rings. The molecular weight excluding hydrogens is 271 g/mol. The molecule has 1 aliphatic rings. The number of thiophene rings is 1. The van der Waals surface area contributed by atoms with Gasteiger partial charge in [-0.3, -0.25) is 4.90 Å². The molecule has 0 radical (unpaired) electrons. The summed E-state index contributed by atoms with van der Waals surface area (Å²) in [5, 5.41) is 2.11. The van der Waals surface area contributed by atoms with Gasteiger partial charge >= 0.3 is 0 Å². The third kappa shape index (κ3) is 3.08. The van der Waals surface area contributed by atoms with E-state index in [1.54, 1.807) is 11.3 Å². The van der Waals surface area contributed by atoms with E-state index < -0.39 is 0 Å². The molecule has 1 saturated carbocycles. The van der Waals surface area contributed by atoms with E-state index in [1.807, 2.05) is 12.1 Å². The first-order valence-electron chi connectivity index (χ1n) is 7.01. The van der Waals surface area contributed by atoms with E-state index in [1.165, 1.54) is 29.9 Å². The van der Waals surface area contributed by atoms with Crippen LogP contribution in [0.5, 0.6) is 0 Å². The number of nitrogens with two attached hydrogens (primary N) is 1. The number of hydrogen-bond acceptors (Lipinski definition) is 3. The fraction of sp³-hybridized carbons (Fsp3) is 0.375. The molecule has 2 aromatic rings. The van der Waals surface area contributed by atoms with E-state index in [9.17, 15) is 4.39 Å². The lowest BCUT2D eigenvalue weighted by molar-refractivity contribution is 0.183. The Morgan fingerprint density at radius 1 is 1.25 bits per heavy atom. The monoisotopic (exact) mass is 290 g/mol. The maximum absolute atomic E-state index is 13.1. The van der Waals surface area contributed by atoms with E-state index in [-0.39, 0.29) is 11.9 Å². The first-order valence-corrected chi connectivity index (χ1v) is 7.89. The Bertz CT molecular complexity index is 534. The van der Waals surface area contributed by atoms with Crippen molar-refractivity contribution in [2.45, 2.75) is 31.5 Å². The number of hydrogen-bond donors (Lipinski definition) is 1. The van der Waals surface area contributed by atoms with E-state index in [4.69, 9.17) is 5.73 Å². The van der Waals surface area contributed by atoms with Gasteiger partial charge in [-0.15, -0.1) is 11.3 Å². The topological polar surface area (TPSA) is 29.3 Å². The zero-order valence-electron chi connectivity index (χ0n) is 11.3. The van der Waals surface area contributed by atoms with Gasteiger partial charge in [0, 0.05) is 30.1 Å². The van der Waals surface area contributed by atoms with Crippen molar-refractivity contribution in [3.05, 3.63) is 58.0 Å². The van der Waals surface area contributed by atoms with Crippen LogP contribution in [0, 0.1) is 5.82 Å². The van der Waals surface area contributed by atoms with Crippen LogP contribution in [0.2, 0.25) is 0 Å². The van der Waals surface area contributed by atoms with E-state index in [0.717, 1.165) is 12.1 Å². The summed E-state index contributed by atoms with van der Waals surface area (Å²) in [5.74, 6) is -0.194. The minimum Gasteiger partial charge on any atom is -0.329 e. The predicted molar refractivity (Wildman–Crippen MR) is 81.1 cm³/mol. The second-order valence-electron chi connectivity index (χ2n) is 5.29. The lowest BCUT2D eigenvalue weighted by atomic mass is 10.0. The molecule has 1 aromatic heterocycles. The molecule has 1 unspecified atom stereocenters. The average molecular weight is 290 g/mol. The minimum absolute atomic E-state index is 0.171. The molecule has 4 heteroatoms. The molecule has 1 heterocycles. The summed E-state index contributed by atoms with van der Waals surface area (Å²) in [5.41, 5.74) is 7.11. The van der Waals surface area contributed by atoms with Crippen molar-refractivity contribution in [1.82, 2.24) is 4.90 Å². The maximum atomic E-state index is 13.1. The van der Waals surface area contributed by atoms with Gasteiger partial charge in [-0.05, 0) is 42.0 Å². The number of benzene rings is 1. The fourth-order valence-corrected chi connectivity index (χ4v) is 3.34. The van der Waals surface area contributed by atoms with E-state index in [2.05, 4.69) is 22.4 Å². The fourth-order valence-electron chi connectivity index (χ4n) is 2.63. The number of rotatable bonds is 6.